The lowest BCUT2D eigenvalue weighted by molar-refractivity contribution is 0.296. The van der Waals surface area contributed by atoms with Gasteiger partial charge in [-0.15, -0.1) is 0 Å². The van der Waals surface area contributed by atoms with E-state index in [-0.39, 0.29) is 0 Å². The number of rotatable bonds is 9. The van der Waals surface area contributed by atoms with Crippen LogP contribution in [0, 0.1) is 5.92 Å². The van der Waals surface area contributed by atoms with Crippen molar-refractivity contribution < 1.29 is 9.47 Å². The Morgan fingerprint density at radius 1 is 1.26 bits per heavy atom. The minimum Gasteiger partial charge on any atom is -0.490 e. The molecule has 0 aliphatic carbocycles. The van der Waals surface area contributed by atoms with E-state index in [0.717, 1.165) is 24.6 Å². The van der Waals surface area contributed by atoms with Gasteiger partial charge in [-0.3, -0.25) is 0 Å². The summed E-state index contributed by atoms with van der Waals surface area (Å²) in [7, 11) is 0. The summed E-state index contributed by atoms with van der Waals surface area (Å²) < 4.78 is 11.2. The van der Waals surface area contributed by atoms with Gasteiger partial charge in [0.25, 0.3) is 0 Å². The fraction of sp³-hybridized carbons (Fsp3) is 0.500. The second-order valence-corrected chi connectivity index (χ2v) is 4.84. The normalized spacial score (nSPS) is 10.5. The van der Waals surface area contributed by atoms with E-state index in [1.165, 1.54) is 5.56 Å². The number of hydrogen-bond acceptors (Lipinski definition) is 3. The largest absolute Gasteiger partial charge is 0.490 e. The highest BCUT2D eigenvalue weighted by molar-refractivity contribution is 5.43. The first-order valence-corrected chi connectivity index (χ1v) is 6.87. The molecule has 0 unspecified atom stereocenters. The van der Waals surface area contributed by atoms with Crippen molar-refractivity contribution in [1.82, 2.24) is 5.32 Å². The van der Waals surface area contributed by atoms with Crippen LogP contribution >= 0.6 is 0 Å². The molecule has 0 bridgehead atoms. The van der Waals surface area contributed by atoms with Crippen LogP contribution in [0.1, 0.15) is 26.3 Å². The van der Waals surface area contributed by atoms with E-state index in [1.807, 2.05) is 19.1 Å². The van der Waals surface area contributed by atoms with Gasteiger partial charge in [0.2, 0.25) is 0 Å². The second-order valence-electron chi connectivity index (χ2n) is 4.84. The minimum atomic E-state index is 0.491. The fourth-order valence-electron chi connectivity index (χ4n) is 1.70. The van der Waals surface area contributed by atoms with Gasteiger partial charge in [-0.1, -0.05) is 32.6 Å². The molecule has 106 valence electrons. The summed E-state index contributed by atoms with van der Waals surface area (Å²) in [6.45, 7) is 13.0. The van der Waals surface area contributed by atoms with Crippen molar-refractivity contribution in [3.05, 3.63) is 36.4 Å². The molecule has 0 aliphatic heterocycles. The first kappa shape index (κ1) is 15.6. The molecular weight excluding hydrogens is 238 g/mol. The topological polar surface area (TPSA) is 30.5 Å². The molecule has 0 heterocycles. The van der Waals surface area contributed by atoms with E-state index in [4.69, 9.17) is 9.47 Å². The molecule has 1 aromatic carbocycles. The van der Waals surface area contributed by atoms with Crippen LogP contribution in [0.2, 0.25) is 0 Å². The van der Waals surface area contributed by atoms with Crippen molar-refractivity contribution in [3.8, 4) is 11.5 Å². The summed E-state index contributed by atoms with van der Waals surface area (Å²) in [4.78, 5) is 0. The summed E-state index contributed by atoms with van der Waals surface area (Å²) in [6.07, 6.45) is 1.73. The molecule has 1 aromatic rings. The van der Waals surface area contributed by atoms with E-state index in [1.54, 1.807) is 6.08 Å². The van der Waals surface area contributed by atoms with E-state index in [0.29, 0.717) is 19.1 Å². The minimum absolute atomic E-state index is 0.491. The molecule has 3 nitrogen and oxygen atoms in total. The lowest BCUT2D eigenvalue weighted by Gasteiger charge is -2.13. The van der Waals surface area contributed by atoms with Gasteiger partial charge in [-0.05, 0) is 37.1 Å². The Labute approximate surface area is 116 Å². The van der Waals surface area contributed by atoms with Crippen LogP contribution in [0.25, 0.3) is 0 Å². The van der Waals surface area contributed by atoms with Gasteiger partial charge in [0, 0.05) is 6.54 Å². The highest BCUT2D eigenvalue weighted by Gasteiger charge is 2.06. The Kier molecular flexibility index (Phi) is 7.04. The lowest BCUT2D eigenvalue weighted by Crippen LogP contribution is -2.19. The monoisotopic (exact) mass is 263 g/mol. The molecule has 0 saturated heterocycles. The third-order valence-corrected chi connectivity index (χ3v) is 2.55. The van der Waals surface area contributed by atoms with Crippen molar-refractivity contribution in [2.75, 3.05) is 19.8 Å². The van der Waals surface area contributed by atoms with E-state index in [2.05, 4.69) is 31.8 Å². The molecule has 0 aliphatic rings. The summed E-state index contributed by atoms with van der Waals surface area (Å²) in [6, 6.07) is 6.06. The number of ether oxygens (including phenoxy) is 2. The van der Waals surface area contributed by atoms with E-state index in [9.17, 15) is 0 Å². The maximum absolute atomic E-state index is 5.62. The SMILES string of the molecule is C=CCOc1ccc(CNCC(C)C)cc1OCC. The average molecular weight is 263 g/mol. The summed E-state index contributed by atoms with van der Waals surface area (Å²) in [5.74, 6) is 2.23. The van der Waals surface area contributed by atoms with Crippen LogP contribution in [-0.4, -0.2) is 19.8 Å². The van der Waals surface area contributed by atoms with Crippen LogP contribution in [0.3, 0.4) is 0 Å². The molecule has 3 heteroatoms. The fourth-order valence-corrected chi connectivity index (χ4v) is 1.70. The second kappa shape index (κ2) is 8.59. The predicted octanol–water partition coefficient (Wildman–Crippen LogP) is 3.40. The first-order valence-electron chi connectivity index (χ1n) is 6.87. The smallest absolute Gasteiger partial charge is 0.161 e. The van der Waals surface area contributed by atoms with Crippen LogP contribution < -0.4 is 14.8 Å². The molecule has 1 N–H and O–H groups in total. The van der Waals surface area contributed by atoms with E-state index < -0.39 is 0 Å². The Morgan fingerprint density at radius 2 is 2.05 bits per heavy atom. The highest BCUT2D eigenvalue weighted by atomic mass is 16.5. The number of hydrogen-bond donors (Lipinski definition) is 1. The Morgan fingerprint density at radius 3 is 2.68 bits per heavy atom. The van der Waals surface area contributed by atoms with Crippen molar-refractivity contribution in [2.24, 2.45) is 5.92 Å². The summed E-state index contributed by atoms with van der Waals surface area (Å²) in [5, 5.41) is 3.42. The summed E-state index contributed by atoms with van der Waals surface area (Å²) >= 11 is 0. The Bertz CT molecular complexity index is 388. The third kappa shape index (κ3) is 5.79. The quantitative estimate of drug-likeness (QED) is 0.693. The van der Waals surface area contributed by atoms with Crippen molar-refractivity contribution in [1.29, 1.82) is 0 Å². The van der Waals surface area contributed by atoms with Gasteiger partial charge in [0.05, 0.1) is 6.61 Å². The predicted molar refractivity (Wildman–Crippen MR) is 79.8 cm³/mol. The van der Waals surface area contributed by atoms with Crippen LogP contribution in [0.5, 0.6) is 11.5 Å². The van der Waals surface area contributed by atoms with Crippen molar-refractivity contribution in [3.63, 3.8) is 0 Å². The third-order valence-electron chi connectivity index (χ3n) is 2.55. The molecule has 0 amide bonds. The molecule has 0 atom stereocenters. The van der Waals surface area contributed by atoms with Crippen LogP contribution in [0.4, 0.5) is 0 Å². The number of benzene rings is 1. The highest BCUT2D eigenvalue weighted by Crippen LogP contribution is 2.28. The molecule has 0 spiro atoms. The van der Waals surface area contributed by atoms with E-state index >= 15 is 0 Å². The average Bonchev–Trinajstić information content (AvgIpc) is 2.38. The molecule has 0 saturated carbocycles. The zero-order valence-corrected chi connectivity index (χ0v) is 12.2. The van der Waals surface area contributed by atoms with Gasteiger partial charge < -0.3 is 14.8 Å². The molecule has 1 rings (SSSR count). The van der Waals surface area contributed by atoms with Crippen molar-refractivity contribution in [2.45, 2.75) is 27.3 Å². The van der Waals surface area contributed by atoms with Gasteiger partial charge in [-0.2, -0.15) is 0 Å². The summed E-state index contributed by atoms with van der Waals surface area (Å²) in [5.41, 5.74) is 1.20. The zero-order chi connectivity index (χ0) is 14.1. The van der Waals surface area contributed by atoms with Gasteiger partial charge in [0.15, 0.2) is 11.5 Å². The molecular formula is C16H25NO2. The van der Waals surface area contributed by atoms with Gasteiger partial charge in [0.1, 0.15) is 6.61 Å². The van der Waals surface area contributed by atoms with Gasteiger partial charge in [-0.25, -0.2) is 0 Å². The standard InChI is InChI=1S/C16H25NO2/c1-5-9-19-15-8-7-14(10-16(15)18-6-2)12-17-11-13(3)4/h5,7-8,10,13,17H,1,6,9,11-12H2,2-4H3. The maximum Gasteiger partial charge on any atom is 0.161 e. The molecule has 0 fully saturated rings. The Balaban J connectivity index is 2.68. The van der Waals surface area contributed by atoms with Crippen molar-refractivity contribution >= 4 is 0 Å². The molecule has 0 radical (unpaired) electrons. The number of nitrogens with one attached hydrogen (secondary N) is 1. The molecule has 19 heavy (non-hydrogen) atoms. The maximum atomic E-state index is 5.62. The van der Waals surface area contributed by atoms with Crippen LogP contribution in [-0.2, 0) is 6.54 Å². The lowest BCUT2D eigenvalue weighted by atomic mass is 10.2. The Hall–Kier alpha value is -1.48. The zero-order valence-electron chi connectivity index (χ0n) is 12.2. The first-order chi connectivity index (χ1) is 9.17. The van der Waals surface area contributed by atoms with Gasteiger partial charge >= 0.3 is 0 Å². The van der Waals surface area contributed by atoms with Crippen LogP contribution in [0.15, 0.2) is 30.9 Å². The molecule has 0 aromatic heterocycles.